The summed E-state index contributed by atoms with van der Waals surface area (Å²) >= 11 is 0. The summed E-state index contributed by atoms with van der Waals surface area (Å²) in [4.78, 5) is 12.4. The fourth-order valence-electron chi connectivity index (χ4n) is 3.47. The molecule has 1 amide bonds. The van der Waals surface area contributed by atoms with Gasteiger partial charge in [0, 0.05) is 18.7 Å². The molecule has 2 heterocycles. The second-order valence-electron chi connectivity index (χ2n) is 6.34. The van der Waals surface area contributed by atoms with E-state index in [1.54, 1.807) is 6.20 Å². The number of para-hydroxylation sites is 1. The molecule has 0 spiro atoms. The lowest BCUT2D eigenvalue weighted by molar-refractivity contribution is -0.125. The minimum absolute atomic E-state index is 0.00253. The molecule has 4 rings (SSSR count). The van der Waals surface area contributed by atoms with Gasteiger partial charge in [0.2, 0.25) is 5.91 Å². The quantitative estimate of drug-likeness (QED) is 0.880. The normalized spacial score (nSPS) is 23.7. The number of hydrogen-bond donors (Lipinski definition) is 1. The van der Waals surface area contributed by atoms with E-state index in [2.05, 4.69) is 22.6 Å². The standard InChI is InChI=1S/C19H21N3O2/c23-19(14-6-4-5-7-14)21-16-11-13-24-18(16)17-10-12-20-22(17)15-8-2-1-3-9-15/h1-5,8-10,12,14,16,18H,6-7,11,13H2,(H,21,23)/t16-,18-/m1/s1. The van der Waals surface area contributed by atoms with Crippen molar-refractivity contribution >= 4 is 5.91 Å². The van der Waals surface area contributed by atoms with Crippen molar-refractivity contribution in [3.8, 4) is 5.69 Å². The van der Waals surface area contributed by atoms with Crippen molar-refractivity contribution in [3.63, 3.8) is 0 Å². The largest absolute Gasteiger partial charge is 0.370 e. The van der Waals surface area contributed by atoms with Gasteiger partial charge < -0.3 is 10.1 Å². The van der Waals surface area contributed by atoms with E-state index in [0.29, 0.717) is 6.61 Å². The Labute approximate surface area is 141 Å². The number of hydrogen-bond acceptors (Lipinski definition) is 3. The molecule has 1 N–H and O–H groups in total. The van der Waals surface area contributed by atoms with Crippen LogP contribution in [-0.2, 0) is 9.53 Å². The monoisotopic (exact) mass is 323 g/mol. The molecule has 5 nitrogen and oxygen atoms in total. The Balaban J connectivity index is 1.53. The number of carbonyl (C=O) groups is 1. The first-order valence-corrected chi connectivity index (χ1v) is 8.49. The number of rotatable bonds is 4. The Kier molecular flexibility index (Phi) is 4.17. The number of aromatic nitrogens is 2. The predicted molar refractivity (Wildman–Crippen MR) is 90.7 cm³/mol. The summed E-state index contributed by atoms with van der Waals surface area (Å²) in [5.74, 6) is 0.205. The van der Waals surface area contributed by atoms with Crippen LogP contribution in [0.3, 0.4) is 0 Å². The first-order chi connectivity index (χ1) is 11.8. The first kappa shape index (κ1) is 15.1. The molecule has 1 aromatic heterocycles. The van der Waals surface area contributed by atoms with Gasteiger partial charge in [-0.1, -0.05) is 30.4 Å². The average Bonchev–Trinajstić information content (AvgIpc) is 3.36. The minimum Gasteiger partial charge on any atom is -0.370 e. The number of nitrogens with zero attached hydrogens (tertiary/aromatic N) is 2. The summed E-state index contributed by atoms with van der Waals surface area (Å²) in [6, 6.07) is 12.0. The van der Waals surface area contributed by atoms with Crippen LogP contribution >= 0.6 is 0 Å². The summed E-state index contributed by atoms with van der Waals surface area (Å²) < 4.78 is 7.84. The van der Waals surface area contributed by atoms with Crippen LogP contribution < -0.4 is 5.32 Å². The van der Waals surface area contributed by atoms with Crippen LogP contribution in [0.15, 0.2) is 54.7 Å². The smallest absolute Gasteiger partial charge is 0.224 e. The maximum absolute atomic E-state index is 12.4. The number of benzene rings is 1. The van der Waals surface area contributed by atoms with Crippen LogP contribution in [0.5, 0.6) is 0 Å². The number of ether oxygens (including phenoxy) is 1. The zero-order valence-electron chi connectivity index (χ0n) is 13.5. The van der Waals surface area contributed by atoms with E-state index in [0.717, 1.165) is 30.6 Å². The minimum atomic E-state index is -0.161. The molecule has 1 fully saturated rings. The van der Waals surface area contributed by atoms with Crippen LogP contribution in [0, 0.1) is 5.92 Å². The van der Waals surface area contributed by atoms with Gasteiger partial charge in [0.15, 0.2) is 0 Å². The first-order valence-electron chi connectivity index (χ1n) is 8.49. The second kappa shape index (κ2) is 6.61. The molecule has 5 heteroatoms. The molecule has 124 valence electrons. The summed E-state index contributed by atoms with van der Waals surface area (Å²) in [6.45, 7) is 0.651. The predicted octanol–water partition coefficient (Wildman–Crippen LogP) is 2.78. The Bertz CT molecular complexity index is 730. The fraction of sp³-hybridized carbons (Fsp3) is 0.368. The molecule has 1 saturated heterocycles. The zero-order valence-corrected chi connectivity index (χ0v) is 13.5. The van der Waals surface area contributed by atoms with Crippen LogP contribution in [0.25, 0.3) is 5.69 Å². The van der Waals surface area contributed by atoms with Gasteiger partial charge in [0.05, 0.1) is 17.4 Å². The summed E-state index contributed by atoms with van der Waals surface area (Å²) in [7, 11) is 0. The zero-order chi connectivity index (χ0) is 16.4. The molecule has 0 bridgehead atoms. The van der Waals surface area contributed by atoms with Crippen LogP contribution in [0.4, 0.5) is 0 Å². The summed E-state index contributed by atoms with van der Waals surface area (Å²) in [5.41, 5.74) is 1.98. The highest BCUT2D eigenvalue weighted by atomic mass is 16.5. The van der Waals surface area contributed by atoms with E-state index in [-0.39, 0.29) is 24.0 Å². The maximum Gasteiger partial charge on any atom is 0.224 e. The Morgan fingerprint density at radius 2 is 1.96 bits per heavy atom. The Hall–Kier alpha value is -2.40. The van der Waals surface area contributed by atoms with Crippen molar-refractivity contribution in [2.45, 2.75) is 31.4 Å². The summed E-state index contributed by atoms with van der Waals surface area (Å²) in [5, 5.41) is 7.63. The molecule has 2 atom stereocenters. The second-order valence-corrected chi connectivity index (χ2v) is 6.34. The molecule has 1 aliphatic carbocycles. The number of carbonyl (C=O) groups excluding carboxylic acids is 1. The average molecular weight is 323 g/mol. The van der Waals surface area contributed by atoms with Crippen molar-refractivity contribution in [1.29, 1.82) is 0 Å². The van der Waals surface area contributed by atoms with Crippen molar-refractivity contribution in [3.05, 3.63) is 60.4 Å². The third kappa shape index (κ3) is 2.87. The molecule has 1 aromatic carbocycles. The van der Waals surface area contributed by atoms with Gasteiger partial charge in [-0.15, -0.1) is 0 Å². The van der Waals surface area contributed by atoms with E-state index in [1.165, 1.54) is 0 Å². The Morgan fingerprint density at radius 1 is 1.17 bits per heavy atom. The van der Waals surface area contributed by atoms with E-state index in [9.17, 15) is 4.79 Å². The molecule has 2 aliphatic rings. The van der Waals surface area contributed by atoms with Gasteiger partial charge >= 0.3 is 0 Å². The fourth-order valence-corrected chi connectivity index (χ4v) is 3.47. The molecule has 2 aromatic rings. The lowest BCUT2D eigenvalue weighted by Crippen LogP contribution is -2.40. The molecule has 0 saturated carbocycles. The van der Waals surface area contributed by atoms with Crippen LogP contribution in [0.1, 0.15) is 31.1 Å². The summed E-state index contributed by atoms with van der Waals surface area (Å²) in [6.07, 6.45) is 8.29. The van der Waals surface area contributed by atoms with Crippen LogP contribution in [-0.4, -0.2) is 28.3 Å². The van der Waals surface area contributed by atoms with E-state index in [1.807, 2.05) is 41.1 Å². The van der Waals surface area contributed by atoms with Crippen LogP contribution in [0.2, 0.25) is 0 Å². The lowest BCUT2D eigenvalue weighted by Gasteiger charge is -2.22. The lowest BCUT2D eigenvalue weighted by atomic mass is 10.0. The third-order valence-electron chi connectivity index (χ3n) is 4.76. The van der Waals surface area contributed by atoms with Gasteiger partial charge in [-0.2, -0.15) is 5.10 Å². The van der Waals surface area contributed by atoms with Crippen molar-refractivity contribution in [1.82, 2.24) is 15.1 Å². The van der Waals surface area contributed by atoms with E-state index in [4.69, 9.17) is 4.74 Å². The maximum atomic E-state index is 12.4. The highest BCUT2D eigenvalue weighted by Crippen LogP contribution is 2.31. The number of amides is 1. The molecule has 24 heavy (non-hydrogen) atoms. The number of nitrogens with one attached hydrogen (secondary N) is 1. The topological polar surface area (TPSA) is 56.1 Å². The highest BCUT2D eigenvalue weighted by molar-refractivity contribution is 5.79. The Morgan fingerprint density at radius 3 is 2.75 bits per heavy atom. The SMILES string of the molecule is O=C(N[C@@H]1CCO[C@H]1c1ccnn1-c1ccccc1)C1CC=CC1. The van der Waals surface area contributed by atoms with Crippen molar-refractivity contribution in [2.75, 3.05) is 6.61 Å². The number of allylic oxidation sites excluding steroid dienone is 2. The third-order valence-corrected chi connectivity index (χ3v) is 4.76. The van der Waals surface area contributed by atoms with Gasteiger partial charge in [-0.3, -0.25) is 4.79 Å². The van der Waals surface area contributed by atoms with E-state index >= 15 is 0 Å². The molecule has 1 aliphatic heterocycles. The van der Waals surface area contributed by atoms with Crippen molar-refractivity contribution < 1.29 is 9.53 Å². The molecular weight excluding hydrogens is 302 g/mol. The molecule has 0 radical (unpaired) electrons. The highest BCUT2D eigenvalue weighted by Gasteiger charge is 2.34. The molecule has 0 unspecified atom stereocenters. The van der Waals surface area contributed by atoms with Gasteiger partial charge in [0.25, 0.3) is 0 Å². The molecular formula is C19H21N3O2. The van der Waals surface area contributed by atoms with Gasteiger partial charge in [-0.05, 0) is 37.5 Å². The van der Waals surface area contributed by atoms with Crippen molar-refractivity contribution in [2.24, 2.45) is 5.92 Å². The van der Waals surface area contributed by atoms with Gasteiger partial charge in [-0.25, -0.2) is 4.68 Å². The van der Waals surface area contributed by atoms with Gasteiger partial charge in [0.1, 0.15) is 6.10 Å². The van der Waals surface area contributed by atoms with E-state index < -0.39 is 0 Å².